The molecule has 0 saturated carbocycles. The Morgan fingerprint density at radius 1 is 1.14 bits per heavy atom. The van der Waals surface area contributed by atoms with Gasteiger partial charge in [-0.05, 0) is 59.7 Å². The fourth-order valence-corrected chi connectivity index (χ4v) is 3.24. The van der Waals surface area contributed by atoms with E-state index in [1.54, 1.807) is 0 Å². The predicted molar refractivity (Wildman–Crippen MR) is 118 cm³/mol. The fraction of sp³-hybridized carbons (Fsp3) is 0.261. The molecule has 4 nitrogen and oxygen atoms in total. The van der Waals surface area contributed by atoms with Crippen LogP contribution in [0.25, 0.3) is 5.70 Å². The van der Waals surface area contributed by atoms with E-state index in [1.165, 1.54) is 11.1 Å². The normalized spacial score (nSPS) is 10.4. The van der Waals surface area contributed by atoms with Crippen molar-refractivity contribution in [3.63, 3.8) is 0 Å². The van der Waals surface area contributed by atoms with Gasteiger partial charge in [-0.3, -0.25) is 4.79 Å². The Labute approximate surface area is 172 Å². The molecule has 148 valence electrons. The average Bonchev–Trinajstić information content (AvgIpc) is 2.65. The van der Waals surface area contributed by atoms with E-state index in [2.05, 4.69) is 48.9 Å². The van der Waals surface area contributed by atoms with E-state index in [4.69, 9.17) is 17.3 Å². The minimum absolute atomic E-state index is 0.102. The van der Waals surface area contributed by atoms with E-state index in [-0.39, 0.29) is 11.7 Å². The SMILES string of the molecule is C=C(N)NC(=O)CCCc1cc(C(=C)NCc2cccc(Cl)c2)ccc1CC. The Bertz CT molecular complexity index is 861. The van der Waals surface area contributed by atoms with Crippen LogP contribution in [0.5, 0.6) is 0 Å². The second kappa shape index (κ2) is 10.6. The number of amides is 1. The van der Waals surface area contributed by atoms with Crippen molar-refractivity contribution in [3.8, 4) is 0 Å². The van der Waals surface area contributed by atoms with Crippen molar-refractivity contribution in [1.29, 1.82) is 0 Å². The van der Waals surface area contributed by atoms with E-state index in [9.17, 15) is 4.79 Å². The number of carbonyl (C=O) groups excluding carboxylic acids is 1. The number of hydrogen-bond acceptors (Lipinski definition) is 3. The topological polar surface area (TPSA) is 67.1 Å². The van der Waals surface area contributed by atoms with Crippen LogP contribution in [0.3, 0.4) is 0 Å². The maximum atomic E-state index is 11.7. The molecule has 0 fully saturated rings. The third-order valence-corrected chi connectivity index (χ3v) is 4.72. The van der Waals surface area contributed by atoms with Crippen molar-refractivity contribution in [1.82, 2.24) is 10.6 Å². The molecule has 28 heavy (non-hydrogen) atoms. The summed E-state index contributed by atoms with van der Waals surface area (Å²) in [7, 11) is 0. The molecule has 0 atom stereocenters. The number of aryl methyl sites for hydroxylation is 2. The van der Waals surface area contributed by atoms with Gasteiger partial charge in [0, 0.05) is 23.7 Å². The molecule has 0 aromatic heterocycles. The van der Waals surface area contributed by atoms with E-state index >= 15 is 0 Å². The maximum absolute atomic E-state index is 11.7. The lowest BCUT2D eigenvalue weighted by Crippen LogP contribution is -2.26. The van der Waals surface area contributed by atoms with Crippen LogP contribution in [0.15, 0.2) is 61.4 Å². The molecule has 2 aromatic rings. The molecule has 5 heteroatoms. The minimum atomic E-state index is -0.102. The van der Waals surface area contributed by atoms with Gasteiger partial charge in [0.05, 0.1) is 5.82 Å². The van der Waals surface area contributed by atoms with Gasteiger partial charge in [0.15, 0.2) is 0 Å². The number of hydrogen-bond donors (Lipinski definition) is 3. The second-order valence-electron chi connectivity index (χ2n) is 6.73. The van der Waals surface area contributed by atoms with Gasteiger partial charge in [-0.15, -0.1) is 0 Å². The van der Waals surface area contributed by atoms with Crippen LogP contribution in [-0.4, -0.2) is 5.91 Å². The largest absolute Gasteiger partial charge is 0.386 e. The van der Waals surface area contributed by atoms with Crippen LogP contribution in [0.1, 0.15) is 42.0 Å². The van der Waals surface area contributed by atoms with Crippen LogP contribution in [0.4, 0.5) is 0 Å². The summed E-state index contributed by atoms with van der Waals surface area (Å²) in [5.41, 5.74) is 10.9. The molecule has 0 unspecified atom stereocenters. The molecule has 4 N–H and O–H groups in total. The van der Waals surface area contributed by atoms with E-state index in [1.807, 2.05) is 24.3 Å². The van der Waals surface area contributed by atoms with Crippen LogP contribution in [0.2, 0.25) is 5.02 Å². The highest BCUT2D eigenvalue weighted by atomic mass is 35.5. The zero-order valence-corrected chi connectivity index (χ0v) is 17.1. The standard InChI is InChI=1S/C23H28ClN3O/c1-4-19-11-12-20(14-21(19)8-6-10-23(28)27-17(3)25)16(2)26-15-18-7-5-9-22(24)13-18/h5,7,9,11-14,26H,2-4,6,8,10,15,25H2,1H3,(H,27,28). The first-order valence-electron chi connectivity index (χ1n) is 9.42. The Hall–Kier alpha value is -2.72. The van der Waals surface area contributed by atoms with Gasteiger partial charge in [-0.2, -0.15) is 0 Å². The van der Waals surface area contributed by atoms with E-state index < -0.39 is 0 Å². The Balaban J connectivity index is 1.99. The first-order valence-corrected chi connectivity index (χ1v) is 9.80. The average molecular weight is 398 g/mol. The fourth-order valence-electron chi connectivity index (χ4n) is 3.03. The number of rotatable bonds is 10. The lowest BCUT2D eigenvalue weighted by Gasteiger charge is -2.14. The van der Waals surface area contributed by atoms with Crippen LogP contribution >= 0.6 is 11.6 Å². The van der Waals surface area contributed by atoms with E-state index in [0.717, 1.165) is 41.1 Å². The molecule has 2 aromatic carbocycles. The van der Waals surface area contributed by atoms with Crippen LogP contribution in [-0.2, 0) is 24.2 Å². The van der Waals surface area contributed by atoms with E-state index in [0.29, 0.717) is 13.0 Å². The monoisotopic (exact) mass is 397 g/mol. The van der Waals surface area contributed by atoms with Crippen molar-refractivity contribution < 1.29 is 4.79 Å². The van der Waals surface area contributed by atoms with Gasteiger partial charge in [0.2, 0.25) is 5.91 Å². The zero-order valence-electron chi connectivity index (χ0n) is 16.4. The summed E-state index contributed by atoms with van der Waals surface area (Å²) in [6, 6.07) is 14.1. The summed E-state index contributed by atoms with van der Waals surface area (Å²) in [5.74, 6) is 0.0811. The highest BCUT2D eigenvalue weighted by Crippen LogP contribution is 2.20. The van der Waals surface area contributed by atoms with Crippen molar-refractivity contribution in [2.24, 2.45) is 5.73 Å². The van der Waals surface area contributed by atoms with Crippen molar-refractivity contribution in [2.45, 2.75) is 39.2 Å². The van der Waals surface area contributed by atoms with Gasteiger partial charge >= 0.3 is 0 Å². The summed E-state index contributed by atoms with van der Waals surface area (Å²) < 4.78 is 0. The highest BCUT2D eigenvalue weighted by molar-refractivity contribution is 6.30. The second-order valence-corrected chi connectivity index (χ2v) is 7.16. The summed E-state index contributed by atoms with van der Waals surface area (Å²) >= 11 is 6.04. The quantitative estimate of drug-likeness (QED) is 0.551. The highest BCUT2D eigenvalue weighted by Gasteiger charge is 2.08. The van der Waals surface area contributed by atoms with Gasteiger partial charge in [-0.1, -0.05) is 55.9 Å². The lowest BCUT2D eigenvalue weighted by atomic mass is 9.96. The number of benzene rings is 2. The third-order valence-electron chi connectivity index (χ3n) is 4.48. The Morgan fingerprint density at radius 3 is 2.61 bits per heavy atom. The summed E-state index contributed by atoms with van der Waals surface area (Å²) in [4.78, 5) is 11.7. The molecule has 0 aliphatic heterocycles. The third kappa shape index (κ3) is 6.78. The molecule has 0 bridgehead atoms. The van der Waals surface area contributed by atoms with Crippen molar-refractivity contribution >= 4 is 23.2 Å². The number of nitrogens with two attached hydrogens (primary N) is 1. The molecule has 0 heterocycles. The Kier molecular flexibility index (Phi) is 8.15. The predicted octanol–water partition coefficient (Wildman–Crippen LogP) is 4.53. The van der Waals surface area contributed by atoms with Gasteiger partial charge < -0.3 is 16.4 Å². The summed E-state index contributed by atoms with van der Waals surface area (Å²) in [6.45, 7) is 10.4. The summed E-state index contributed by atoms with van der Waals surface area (Å²) in [5, 5.41) is 6.62. The molecule has 1 amide bonds. The van der Waals surface area contributed by atoms with Crippen LogP contribution in [0, 0.1) is 0 Å². The minimum Gasteiger partial charge on any atom is -0.386 e. The molecular weight excluding hydrogens is 370 g/mol. The van der Waals surface area contributed by atoms with Gasteiger partial charge in [-0.25, -0.2) is 0 Å². The molecule has 0 aliphatic carbocycles. The zero-order chi connectivity index (χ0) is 20.5. The van der Waals surface area contributed by atoms with Crippen molar-refractivity contribution in [2.75, 3.05) is 0 Å². The summed E-state index contributed by atoms with van der Waals surface area (Å²) in [6.07, 6.45) is 2.93. The first-order chi connectivity index (χ1) is 13.4. The molecular formula is C23H28ClN3O. The maximum Gasteiger partial charge on any atom is 0.225 e. The molecule has 0 saturated heterocycles. The lowest BCUT2D eigenvalue weighted by molar-refractivity contribution is -0.120. The molecule has 2 rings (SSSR count). The van der Waals surface area contributed by atoms with Gasteiger partial charge in [0.1, 0.15) is 0 Å². The van der Waals surface area contributed by atoms with Crippen LogP contribution < -0.4 is 16.4 Å². The number of carbonyl (C=O) groups is 1. The smallest absolute Gasteiger partial charge is 0.225 e. The molecule has 0 radical (unpaired) electrons. The Morgan fingerprint density at radius 2 is 1.93 bits per heavy atom. The first kappa shape index (κ1) is 21.6. The van der Waals surface area contributed by atoms with Gasteiger partial charge in [0.25, 0.3) is 0 Å². The number of halogens is 1. The molecule has 0 spiro atoms. The van der Waals surface area contributed by atoms with Crippen molar-refractivity contribution in [3.05, 3.63) is 88.7 Å². The molecule has 0 aliphatic rings. The number of nitrogens with one attached hydrogen (secondary N) is 2.